The van der Waals surface area contributed by atoms with Gasteiger partial charge < -0.3 is 5.73 Å². The highest BCUT2D eigenvalue weighted by Crippen LogP contribution is 2.30. The summed E-state index contributed by atoms with van der Waals surface area (Å²) in [6.07, 6.45) is 2.63. The molecule has 0 saturated heterocycles. The highest BCUT2D eigenvalue weighted by Gasteiger charge is 2.29. The summed E-state index contributed by atoms with van der Waals surface area (Å²) in [4.78, 5) is 2.57. The molecule has 1 heterocycles. The van der Waals surface area contributed by atoms with Crippen molar-refractivity contribution < 1.29 is 0 Å². The number of nitrogens with two attached hydrogens (primary N) is 1. The topological polar surface area (TPSA) is 53.1 Å². The van der Waals surface area contributed by atoms with Crippen LogP contribution in [0.15, 0.2) is 35.0 Å². The maximum atomic E-state index is 7.52. The van der Waals surface area contributed by atoms with E-state index in [-0.39, 0.29) is 5.84 Å². The van der Waals surface area contributed by atoms with Gasteiger partial charge in [-0.1, -0.05) is 12.1 Å². The summed E-state index contributed by atoms with van der Waals surface area (Å²) < 4.78 is 0. The molecule has 110 valence electrons. The van der Waals surface area contributed by atoms with E-state index in [1.165, 1.54) is 29.5 Å². The second-order valence-corrected chi connectivity index (χ2v) is 6.60. The zero-order chi connectivity index (χ0) is 14.8. The van der Waals surface area contributed by atoms with Crippen LogP contribution < -0.4 is 5.73 Å². The summed E-state index contributed by atoms with van der Waals surface area (Å²) >= 11 is 1.76. The average Bonchev–Trinajstić information content (AvgIpc) is 3.18. The third kappa shape index (κ3) is 3.52. The summed E-state index contributed by atoms with van der Waals surface area (Å²) in [5.74, 6) is 0.141. The molecule has 1 aliphatic rings. The van der Waals surface area contributed by atoms with Gasteiger partial charge in [-0.05, 0) is 59.3 Å². The van der Waals surface area contributed by atoms with Crippen molar-refractivity contribution in [2.24, 2.45) is 5.73 Å². The van der Waals surface area contributed by atoms with Gasteiger partial charge in [0.25, 0.3) is 0 Å². The number of benzene rings is 1. The van der Waals surface area contributed by atoms with E-state index in [4.69, 9.17) is 11.1 Å². The molecule has 21 heavy (non-hydrogen) atoms. The van der Waals surface area contributed by atoms with Crippen LogP contribution >= 0.6 is 11.3 Å². The number of thiophene rings is 1. The van der Waals surface area contributed by atoms with Crippen LogP contribution in [0.2, 0.25) is 0 Å². The maximum absolute atomic E-state index is 7.52. The molecule has 1 aromatic carbocycles. The first-order valence-corrected chi connectivity index (χ1v) is 8.27. The van der Waals surface area contributed by atoms with Gasteiger partial charge in [0.15, 0.2) is 0 Å². The molecule has 0 bridgehead atoms. The van der Waals surface area contributed by atoms with Crippen molar-refractivity contribution in [2.45, 2.75) is 38.9 Å². The number of rotatable bonds is 6. The minimum Gasteiger partial charge on any atom is -0.384 e. The number of nitrogen functional groups attached to an aromatic ring is 1. The van der Waals surface area contributed by atoms with Crippen molar-refractivity contribution in [1.82, 2.24) is 4.90 Å². The zero-order valence-electron chi connectivity index (χ0n) is 12.3. The molecule has 1 aliphatic carbocycles. The van der Waals surface area contributed by atoms with E-state index >= 15 is 0 Å². The lowest BCUT2D eigenvalue weighted by Crippen LogP contribution is -2.25. The predicted octanol–water partition coefficient (Wildman–Crippen LogP) is 3.51. The molecule has 0 radical (unpaired) electrons. The Bertz CT molecular complexity index is 629. The fraction of sp³-hybridized carbons (Fsp3) is 0.353. The molecule has 0 amide bonds. The third-order valence-corrected chi connectivity index (χ3v) is 4.79. The van der Waals surface area contributed by atoms with Gasteiger partial charge in [0.05, 0.1) is 0 Å². The zero-order valence-corrected chi connectivity index (χ0v) is 13.1. The van der Waals surface area contributed by atoms with Gasteiger partial charge in [-0.2, -0.15) is 11.3 Å². The Morgan fingerprint density at radius 2 is 2.14 bits per heavy atom. The minimum absolute atomic E-state index is 0.141. The van der Waals surface area contributed by atoms with Gasteiger partial charge in [0, 0.05) is 24.7 Å². The number of nitrogens with one attached hydrogen (secondary N) is 1. The highest BCUT2D eigenvalue weighted by molar-refractivity contribution is 7.07. The van der Waals surface area contributed by atoms with Crippen molar-refractivity contribution >= 4 is 17.2 Å². The highest BCUT2D eigenvalue weighted by atomic mass is 32.1. The summed E-state index contributed by atoms with van der Waals surface area (Å²) in [5.41, 5.74) is 10.3. The Hall–Kier alpha value is -1.65. The molecule has 0 unspecified atom stereocenters. The second kappa shape index (κ2) is 6.00. The summed E-state index contributed by atoms with van der Waals surface area (Å²) in [6.45, 7) is 4.12. The average molecular weight is 299 g/mol. The number of nitrogens with zero attached hydrogens (tertiary/aromatic N) is 1. The van der Waals surface area contributed by atoms with E-state index in [1.807, 2.05) is 12.1 Å². The Morgan fingerprint density at radius 3 is 2.71 bits per heavy atom. The van der Waals surface area contributed by atoms with E-state index in [0.717, 1.165) is 24.7 Å². The lowest BCUT2D eigenvalue weighted by atomic mass is 10.0. The summed E-state index contributed by atoms with van der Waals surface area (Å²) in [6, 6.07) is 9.05. The van der Waals surface area contributed by atoms with Crippen LogP contribution in [-0.4, -0.2) is 16.8 Å². The van der Waals surface area contributed by atoms with Crippen LogP contribution in [0, 0.1) is 12.3 Å². The molecule has 2 aromatic rings. The van der Waals surface area contributed by atoms with Crippen LogP contribution in [0.4, 0.5) is 0 Å². The molecular formula is C17H21N3S. The molecule has 1 aromatic heterocycles. The molecule has 0 atom stereocenters. The van der Waals surface area contributed by atoms with Gasteiger partial charge in [-0.3, -0.25) is 10.3 Å². The standard InChI is InChI=1S/C17H21N3S/c1-12-8-14(17(18)19)2-3-15(12)10-20(16-4-5-16)9-13-6-7-21-11-13/h2-3,6-8,11,16H,4-5,9-10H2,1H3,(H3,18,19). The number of amidine groups is 1. The molecule has 3 N–H and O–H groups in total. The van der Waals surface area contributed by atoms with E-state index in [1.54, 1.807) is 11.3 Å². The summed E-state index contributed by atoms with van der Waals surface area (Å²) in [5, 5.41) is 11.9. The van der Waals surface area contributed by atoms with Crippen molar-refractivity contribution in [2.75, 3.05) is 0 Å². The Labute approximate surface area is 129 Å². The Balaban J connectivity index is 1.75. The van der Waals surface area contributed by atoms with Crippen molar-refractivity contribution in [1.29, 1.82) is 5.41 Å². The Morgan fingerprint density at radius 1 is 1.33 bits per heavy atom. The normalized spacial score (nSPS) is 14.6. The van der Waals surface area contributed by atoms with Gasteiger partial charge in [0.1, 0.15) is 5.84 Å². The predicted molar refractivity (Wildman–Crippen MR) is 88.8 cm³/mol. The molecule has 4 heteroatoms. The van der Waals surface area contributed by atoms with Crippen LogP contribution in [0.3, 0.4) is 0 Å². The van der Waals surface area contributed by atoms with Gasteiger partial charge >= 0.3 is 0 Å². The van der Waals surface area contributed by atoms with Crippen LogP contribution in [-0.2, 0) is 13.1 Å². The monoisotopic (exact) mass is 299 g/mol. The molecule has 3 rings (SSSR count). The number of hydrogen-bond acceptors (Lipinski definition) is 3. The molecule has 1 fully saturated rings. The van der Waals surface area contributed by atoms with Gasteiger partial charge in [-0.25, -0.2) is 0 Å². The first kappa shape index (κ1) is 14.3. The van der Waals surface area contributed by atoms with Crippen LogP contribution in [0.25, 0.3) is 0 Å². The molecular weight excluding hydrogens is 278 g/mol. The van der Waals surface area contributed by atoms with E-state index < -0.39 is 0 Å². The van der Waals surface area contributed by atoms with Crippen LogP contribution in [0.1, 0.15) is 35.1 Å². The lowest BCUT2D eigenvalue weighted by molar-refractivity contribution is 0.245. The summed E-state index contributed by atoms with van der Waals surface area (Å²) in [7, 11) is 0. The minimum atomic E-state index is 0.141. The lowest BCUT2D eigenvalue weighted by Gasteiger charge is -2.23. The Kier molecular flexibility index (Phi) is 4.08. The fourth-order valence-corrected chi connectivity index (χ4v) is 3.29. The molecule has 1 saturated carbocycles. The second-order valence-electron chi connectivity index (χ2n) is 5.82. The quantitative estimate of drug-likeness (QED) is 0.633. The number of hydrogen-bond donors (Lipinski definition) is 2. The number of aryl methyl sites for hydroxylation is 1. The van der Waals surface area contributed by atoms with E-state index in [0.29, 0.717) is 0 Å². The largest absolute Gasteiger partial charge is 0.384 e. The van der Waals surface area contributed by atoms with E-state index in [9.17, 15) is 0 Å². The third-order valence-electron chi connectivity index (χ3n) is 4.06. The van der Waals surface area contributed by atoms with Gasteiger partial charge in [0.2, 0.25) is 0 Å². The van der Waals surface area contributed by atoms with Crippen molar-refractivity contribution in [3.05, 3.63) is 57.3 Å². The fourth-order valence-electron chi connectivity index (χ4n) is 2.63. The maximum Gasteiger partial charge on any atom is 0.122 e. The molecule has 0 aliphatic heterocycles. The smallest absolute Gasteiger partial charge is 0.122 e. The van der Waals surface area contributed by atoms with Crippen molar-refractivity contribution in [3.63, 3.8) is 0 Å². The van der Waals surface area contributed by atoms with Crippen LogP contribution in [0.5, 0.6) is 0 Å². The van der Waals surface area contributed by atoms with Crippen molar-refractivity contribution in [3.8, 4) is 0 Å². The van der Waals surface area contributed by atoms with Gasteiger partial charge in [-0.15, -0.1) is 0 Å². The first-order chi connectivity index (χ1) is 10.1. The first-order valence-electron chi connectivity index (χ1n) is 7.32. The van der Waals surface area contributed by atoms with E-state index in [2.05, 4.69) is 34.7 Å². The molecule has 3 nitrogen and oxygen atoms in total. The molecule has 0 spiro atoms. The SMILES string of the molecule is Cc1cc(C(=N)N)ccc1CN(Cc1ccsc1)C1CC1.